The fraction of sp³-hybridized carbons (Fsp3) is 0. The molecule has 0 aromatic heterocycles. The number of nitrogens with zero attached hydrogens (tertiary/aromatic N) is 2. The Bertz CT molecular complexity index is 590. The fourth-order valence-corrected chi connectivity index (χ4v) is 3.51. The molecule has 0 bridgehead atoms. The molecule has 0 fully saturated rings. The summed E-state index contributed by atoms with van der Waals surface area (Å²) in [4.78, 5) is 4.73. The monoisotopic (exact) mass is 300 g/mol. The van der Waals surface area contributed by atoms with E-state index in [-0.39, 0.29) is 15.2 Å². The minimum absolute atomic E-state index is 0.159. The van der Waals surface area contributed by atoms with E-state index >= 15 is 0 Å². The van der Waals surface area contributed by atoms with Gasteiger partial charge in [0.15, 0.2) is 0 Å². The Balaban J connectivity index is 1.95. The molecule has 1 aliphatic heterocycles. The molecule has 3 heteroatoms. The van der Waals surface area contributed by atoms with Crippen molar-refractivity contribution in [3.8, 4) is 0 Å². The molecule has 0 amide bonds. The minimum atomic E-state index is 0.159. The summed E-state index contributed by atoms with van der Waals surface area (Å²) in [5.41, 5.74) is 2.32. The van der Waals surface area contributed by atoms with Crippen molar-refractivity contribution in [2.45, 2.75) is 0 Å². The van der Waals surface area contributed by atoms with E-state index in [2.05, 4.69) is 31.0 Å². The van der Waals surface area contributed by atoms with E-state index in [1.54, 1.807) is 0 Å². The van der Waals surface area contributed by atoms with Gasteiger partial charge in [-0.25, -0.2) is 0 Å². The van der Waals surface area contributed by atoms with Crippen LogP contribution < -0.4 is 0 Å². The van der Waals surface area contributed by atoms with Crippen molar-refractivity contribution in [2.75, 3.05) is 0 Å². The molecule has 18 heavy (non-hydrogen) atoms. The second kappa shape index (κ2) is 4.81. The van der Waals surface area contributed by atoms with Crippen LogP contribution in [0.15, 0.2) is 65.7 Å². The third kappa shape index (κ3) is 2.10. The standard InChI is InChI=1S/C15H12N2Se/c1-17-14(12-8-4-2-5-9-12)16-15(18-17)13-10-6-3-7-11-13/h2-11H,1H2. The maximum atomic E-state index is 4.73. The molecular weight excluding hydrogens is 287 g/mol. The molecule has 2 aromatic rings. The first-order valence-corrected chi connectivity index (χ1v) is 7.32. The fourth-order valence-electron chi connectivity index (χ4n) is 1.81. The van der Waals surface area contributed by atoms with Gasteiger partial charge in [0.25, 0.3) is 0 Å². The van der Waals surface area contributed by atoms with Gasteiger partial charge >= 0.3 is 113 Å². The zero-order valence-electron chi connectivity index (χ0n) is 9.78. The third-order valence-corrected chi connectivity index (χ3v) is 4.57. The molecule has 1 heterocycles. The molecule has 2 aromatic carbocycles. The summed E-state index contributed by atoms with van der Waals surface area (Å²) in [5.74, 6) is 0. The zero-order valence-corrected chi connectivity index (χ0v) is 11.5. The molecule has 0 unspecified atom stereocenters. The first-order valence-electron chi connectivity index (χ1n) is 5.70. The number of hydrogen-bond donors (Lipinski definition) is 0. The van der Waals surface area contributed by atoms with Gasteiger partial charge in [0.2, 0.25) is 0 Å². The topological polar surface area (TPSA) is 15.4 Å². The van der Waals surface area contributed by atoms with Gasteiger partial charge in [0.05, 0.1) is 0 Å². The number of hydrogen-bond acceptors (Lipinski definition) is 1. The molecule has 3 rings (SSSR count). The van der Waals surface area contributed by atoms with Gasteiger partial charge in [0.1, 0.15) is 0 Å². The third-order valence-electron chi connectivity index (χ3n) is 2.69. The average Bonchev–Trinajstić information content (AvgIpc) is 2.83. The van der Waals surface area contributed by atoms with Crippen molar-refractivity contribution in [1.82, 2.24) is 0 Å². The summed E-state index contributed by atoms with van der Waals surface area (Å²) in [6, 6.07) is 20.5. The van der Waals surface area contributed by atoms with Crippen molar-refractivity contribution in [3.63, 3.8) is 0 Å². The Morgan fingerprint density at radius 3 is 2.22 bits per heavy atom. The van der Waals surface area contributed by atoms with E-state index in [1.165, 1.54) is 5.56 Å². The molecule has 0 saturated heterocycles. The first kappa shape index (κ1) is 11.3. The Kier molecular flexibility index (Phi) is 3.01. The molecule has 2 nitrogen and oxygen atoms in total. The Morgan fingerprint density at radius 2 is 1.56 bits per heavy atom. The van der Waals surface area contributed by atoms with Crippen molar-refractivity contribution >= 4 is 26.5 Å². The van der Waals surface area contributed by atoms with Gasteiger partial charge in [-0.15, -0.1) is 0 Å². The van der Waals surface area contributed by atoms with E-state index in [9.17, 15) is 0 Å². The van der Waals surface area contributed by atoms with Crippen LogP contribution in [-0.2, 0) is 0 Å². The number of benzene rings is 2. The van der Waals surface area contributed by atoms with Crippen LogP contribution in [0, 0.1) is 6.17 Å². The van der Waals surface area contributed by atoms with Gasteiger partial charge < -0.3 is 0 Å². The predicted octanol–water partition coefficient (Wildman–Crippen LogP) is 2.32. The molecule has 1 aliphatic rings. The number of rotatable bonds is 2. The van der Waals surface area contributed by atoms with Crippen LogP contribution in [0.5, 0.6) is 0 Å². The van der Waals surface area contributed by atoms with Crippen molar-refractivity contribution in [2.24, 2.45) is 4.99 Å². The summed E-state index contributed by atoms with van der Waals surface area (Å²) < 4.78 is 3.14. The summed E-state index contributed by atoms with van der Waals surface area (Å²) in [6.45, 7) is 4.08. The van der Waals surface area contributed by atoms with E-state index < -0.39 is 0 Å². The Hall–Kier alpha value is -1.83. The van der Waals surface area contributed by atoms with Crippen LogP contribution in [0.3, 0.4) is 0 Å². The summed E-state index contributed by atoms with van der Waals surface area (Å²) in [6.07, 6.45) is 0.967. The van der Waals surface area contributed by atoms with E-state index in [4.69, 9.17) is 4.99 Å². The van der Waals surface area contributed by atoms with E-state index in [1.807, 2.05) is 40.0 Å². The van der Waals surface area contributed by atoms with Crippen LogP contribution in [0.4, 0.5) is 0 Å². The molecule has 88 valence electrons. The first-order chi connectivity index (χ1) is 8.84. The van der Waals surface area contributed by atoms with Gasteiger partial charge in [-0.1, -0.05) is 0 Å². The Morgan fingerprint density at radius 1 is 0.944 bits per heavy atom. The molecule has 0 saturated carbocycles. The van der Waals surface area contributed by atoms with Crippen LogP contribution in [0.25, 0.3) is 0 Å². The molecular formula is C15H12N2Se. The van der Waals surface area contributed by atoms with Crippen molar-refractivity contribution in [1.29, 1.82) is 0 Å². The summed E-state index contributed by atoms with van der Waals surface area (Å²) in [7, 11) is 0. The van der Waals surface area contributed by atoms with Crippen molar-refractivity contribution in [3.05, 3.63) is 78.0 Å². The average molecular weight is 299 g/mol. The van der Waals surface area contributed by atoms with E-state index in [0.29, 0.717) is 0 Å². The quantitative estimate of drug-likeness (QED) is 0.597. The molecule has 0 atom stereocenters. The normalized spacial score (nSPS) is 14.8. The second-order valence-electron chi connectivity index (χ2n) is 3.94. The SMILES string of the molecule is C=[N+]1[Se]C(c2ccccc2)=N[C-]1c1ccccc1. The Labute approximate surface area is 113 Å². The van der Waals surface area contributed by atoms with Crippen LogP contribution in [0.2, 0.25) is 0 Å². The van der Waals surface area contributed by atoms with Crippen LogP contribution in [0.1, 0.15) is 11.1 Å². The van der Waals surface area contributed by atoms with Gasteiger partial charge in [-0.3, -0.25) is 0 Å². The van der Waals surface area contributed by atoms with Gasteiger partial charge in [0, 0.05) is 0 Å². The summed E-state index contributed by atoms with van der Waals surface area (Å²) in [5, 5.41) is 0. The zero-order chi connectivity index (χ0) is 12.4. The second-order valence-corrected chi connectivity index (χ2v) is 6.06. The molecule has 0 aliphatic carbocycles. The molecule has 0 N–H and O–H groups in total. The van der Waals surface area contributed by atoms with E-state index in [0.717, 1.165) is 16.3 Å². The predicted molar refractivity (Wildman–Crippen MR) is 74.9 cm³/mol. The van der Waals surface area contributed by atoms with Crippen LogP contribution >= 0.6 is 0 Å². The molecule has 0 spiro atoms. The maximum absolute atomic E-state index is 4.73. The summed E-state index contributed by atoms with van der Waals surface area (Å²) >= 11 is 0.159. The van der Waals surface area contributed by atoms with Crippen LogP contribution in [-0.4, -0.2) is 30.1 Å². The van der Waals surface area contributed by atoms with Gasteiger partial charge in [-0.2, -0.15) is 0 Å². The number of aliphatic imine (C=N–C) groups is 1. The van der Waals surface area contributed by atoms with Crippen molar-refractivity contribution < 1.29 is 3.59 Å². The van der Waals surface area contributed by atoms with Gasteiger partial charge in [-0.05, 0) is 0 Å². The molecule has 0 radical (unpaired) electrons.